The first-order chi connectivity index (χ1) is 11.3. The van der Waals surface area contributed by atoms with Crippen molar-refractivity contribution in [3.63, 3.8) is 0 Å². The Labute approximate surface area is 134 Å². The highest BCUT2D eigenvalue weighted by Gasteiger charge is 2.16. The van der Waals surface area contributed by atoms with Crippen molar-refractivity contribution in [2.75, 3.05) is 26.6 Å². The molecule has 23 heavy (non-hydrogen) atoms. The molecule has 6 nitrogen and oxygen atoms in total. The van der Waals surface area contributed by atoms with Gasteiger partial charge in [-0.25, -0.2) is 0 Å². The van der Waals surface area contributed by atoms with Gasteiger partial charge >= 0.3 is 0 Å². The average Bonchev–Trinajstić information content (AvgIpc) is 3.01. The summed E-state index contributed by atoms with van der Waals surface area (Å²) in [6, 6.07) is 11.8. The number of nitrogens with zero attached hydrogens (tertiary/aromatic N) is 1. The number of rotatable bonds is 6. The lowest BCUT2D eigenvalue weighted by atomic mass is 10.1. The third-order valence-electron chi connectivity index (χ3n) is 3.51. The molecule has 3 rings (SSSR count). The minimum atomic E-state index is 0.461. The predicted octanol–water partition coefficient (Wildman–Crippen LogP) is 3.47. The van der Waals surface area contributed by atoms with Crippen LogP contribution in [-0.4, -0.2) is 26.3 Å². The molecule has 0 amide bonds. The van der Waals surface area contributed by atoms with Gasteiger partial charge in [0.15, 0.2) is 17.1 Å². The Kier molecular flexibility index (Phi) is 4.23. The molecule has 1 aromatic heterocycles. The van der Waals surface area contributed by atoms with E-state index in [1.54, 1.807) is 21.3 Å². The lowest BCUT2D eigenvalue weighted by molar-refractivity contribution is 0.322. The second-order valence-electron chi connectivity index (χ2n) is 4.83. The zero-order valence-electron chi connectivity index (χ0n) is 13.3. The Morgan fingerprint density at radius 1 is 0.957 bits per heavy atom. The SMILES string of the molecule is COc1ccc(CNc2nc3ccccc3o2)c(OC)c1OC. The summed E-state index contributed by atoms with van der Waals surface area (Å²) < 4.78 is 21.8. The maximum absolute atomic E-state index is 5.65. The van der Waals surface area contributed by atoms with Crippen LogP contribution >= 0.6 is 0 Å². The number of nitrogens with one attached hydrogen (secondary N) is 1. The van der Waals surface area contributed by atoms with Gasteiger partial charge in [-0.15, -0.1) is 0 Å². The van der Waals surface area contributed by atoms with Crippen LogP contribution in [0.2, 0.25) is 0 Å². The highest BCUT2D eigenvalue weighted by atomic mass is 16.5. The Bertz CT molecular complexity index is 780. The van der Waals surface area contributed by atoms with Crippen LogP contribution in [0.4, 0.5) is 6.01 Å². The number of fused-ring (bicyclic) bond motifs is 1. The number of hydrogen-bond donors (Lipinski definition) is 1. The zero-order chi connectivity index (χ0) is 16.2. The molecule has 0 fully saturated rings. The van der Waals surface area contributed by atoms with Gasteiger partial charge < -0.3 is 23.9 Å². The first-order valence-corrected chi connectivity index (χ1v) is 7.14. The van der Waals surface area contributed by atoms with Crippen LogP contribution in [0.3, 0.4) is 0 Å². The third-order valence-corrected chi connectivity index (χ3v) is 3.51. The number of hydrogen-bond acceptors (Lipinski definition) is 6. The largest absolute Gasteiger partial charge is 0.493 e. The molecule has 120 valence electrons. The van der Waals surface area contributed by atoms with Crippen molar-refractivity contribution in [3.05, 3.63) is 42.0 Å². The molecule has 2 aromatic carbocycles. The molecule has 6 heteroatoms. The van der Waals surface area contributed by atoms with Crippen molar-refractivity contribution < 1.29 is 18.6 Å². The summed E-state index contributed by atoms with van der Waals surface area (Å²) in [4.78, 5) is 4.39. The Balaban J connectivity index is 1.84. The second kappa shape index (κ2) is 6.48. The number of oxazole rings is 1. The summed E-state index contributed by atoms with van der Waals surface area (Å²) in [6.45, 7) is 0.482. The van der Waals surface area contributed by atoms with Crippen LogP contribution in [0.25, 0.3) is 11.1 Å². The van der Waals surface area contributed by atoms with Crippen molar-refractivity contribution in [1.82, 2.24) is 4.98 Å². The van der Waals surface area contributed by atoms with Gasteiger partial charge in [0, 0.05) is 12.1 Å². The molecule has 0 bridgehead atoms. The van der Waals surface area contributed by atoms with Gasteiger partial charge in [-0.3, -0.25) is 0 Å². The lowest BCUT2D eigenvalue weighted by Gasteiger charge is -2.15. The van der Waals surface area contributed by atoms with E-state index in [1.807, 2.05) is 36.4 Å². The van der Waals surface area contributed by atoms with Crippen molar-refractivity contribution in [1.29, 1.82) is 0 Å². The number of methoxy groups -OCH3 is 3. The molecule has 0 aliphatic heterocycles. The number of anilines is 1. The van der Waals surface area contributed by atoms with Crippen molar-refractivity contribution in [2.24, 2.45) is 0 Å². The molecule has 0 aliphatic rings. The Morgan fingerprint density at radius 3 is 2.43 bits per heavy atom. The fraction of sp³-hybridized carbons (Fsp3) is 0.235. The number of para-hydroxylation sites is 2. The van der Waals surface area contributed by atoms with Crippen molar-refractivity contribution >= 4 is 17.1 Å². The maximum atomic E-state index is 5.65. The topological polar surface area (TPSA) is 65.8 Å². The smallest absolute Gasteiger partial charge is 0.295 e. The van der Waals surface area contributed by atoms with E-state index in [9.17, 15) is 0 Å². The van der Waals surface area contributed by atoms with Gasteiger partial charge in [-0.2, -0.15) is 4.98 Å². The van der Waals surface area contributed by atoms with E-state index in [0.717, 1.165) is 16.7 Å². The maximum Gasteiger partial charge on any atom is 0.295 e. The van der Waals surface area contributed by atoms with Gasteiger partial charge in [0.05, 0.1) is 21.3 Å². The fourth-order valence-corrected chi connectivity index (χ4v) is 2.42. The van der Waals surface area contributed by atoms with Gasteiger partial charge in [-0.05, 0) is 24.3 Å². The van der Waals surface area contributed by atoms with E-state index >= 15 is 0 Å². The van der Waals surface area contributed by atoms with Crippen LogP contribution in [-0.2, 0) is 6.54 Å². The molecule has 0 saturated heterocycles. The average molecular weight is 314 g/mol. The highest BCUT2D eigenvalue weighted by molar-refractivity contribution is 5.74. The van der Waals surface area contributed by atoms with E-state index in [2.05, 4.69) is 10.3 Å². The van der Waals surface area contributed by atoms with Gasteiger partial charge in [0.1, 0.15) is 5.52 Å². The first kappa shape index (κ1) is 15.0. The minimum Gasteiger partial charge on any atom is -0.493 e. The van der Waals surface area contributed by atoms with E-state index < -0.39 is 0 Å². The molecule has 1 heterocycles. The van der Waals surface area contributed by atoms with Crippen molar-refractivity contribution in [2.45, 2.75) is 6.54 Å². The third kappa shape index (κ3) is 2.88. The first-order valence-electron chi connectivity index (χ1n) is 7.14. The minimum absolute atomic E-state index is 0.461. The summed E-state index contributed by atoms with van der Waals surface area (Å²) in [7, 11) is 4.77. The molecule has 0 unspecified atom stereocenters. The molecule has 0 saturated carbocycles. The van der Waals surface area contributed by atoms with Gasteiger partial charge in [-0.1, -0.05) is 12.1 Å². The van der Waals surface area contributed by atoms with E-state index in [0.29, 0.717) is 29.8 Å². The predicted molar refractivity (Wildman–Crippen MR) is 87.4 cm³/mol. The van der Waals surface area contributed by atoms with E-state index in [1.165, 1.54) is 0 Å². The normalized spacial score (nSPS) is 10.6. The van der Waals surface area contributed by atoms with Crippen molar-refractivity contribution in [3.8, 4) is 17.2 Å². The number of aromatic nitrogens is 1. The fourth-order valence-electron chi connectivity index (χ4n) is 2.42. The van der Waals surface area contributed by atoms with E-state index in [4.69, 9.17) is 18.6 Å². The molecular formula is C17H18N2O4. The van der Waals surface area contributed by atoms with Crippen LogP contribution < -0.4 is 19.5 Å². The number of ether oxygens (including phenoxy) is 3. The highest BCUT2D eigenvalue weighted by Crippen LogP contribution is 2.39. The monoisotopic (exact) mass is 314 g/mol. The quantitative estimate of drug-likeness (QED) is 0.751. The summed E-state index contributed by atoms with van der Waals surface area (Å²) in [6.07, 6.45) is 0. The molecule has 1 N–H and O–H groups in total. The molecule has 0 aliphatic carbocycles. The summed E-state index contributed by atoms with van der Waals surface area (Å²) in [5.74, 6) is 1.80. The van der Waals surface area contributed by atoms with Crippen LogP contribution in [0.15, 0.2) is 40.8 Å². The Morgan fingerprint density at radius 2 is 1.74 bits per heavy atom. The van der Waals surface area contributed by atoms with Crippen LogP contribution in [0.5, 0.6) is 17.2 Å². The Hall–Kier alpha value is -2.89. The molecule has 0 radical (unpaired) electrons. The molecular weight excluding hydrogens is 296 g/mol. The molecule has 3 aromatic rings. The summed E-state index contributed by atoms with van der Waals surface area (Å²) in [5, 5.41) is 3.16. The van der Waals surface area contributed by atoms with Crippen LogP contribution in [0.1, 0.15) is 5.56 Å². The zero-order valence-corrected chi connectivity index (χ0v) is 13.3. The summed E-state index contributed by atoms with van der Waals surface area (Å²) in [5.41, 5.74) is 2.47. The van der Waals surface area contributed by atoms with Gasteiger partial charge in [0.2, 0.25) is 5.75 Å². The molecule has 0 spiro atoms. The second-order valence-corrected chi connectivity index (χ2v) is 4.83. The van der Waals surface area contributed by atoms with Gasteiger partial charge in [0.25, 0.3) is 6.01 Å². The number of benzene rings is 2. The summed E-state index contributed by atoms with van der Waals surface area (Å²) >= 11 is 0. The van der Waals surface area contributed by atoms with E-state index in [-0.39, 0.29) is 0 Å². The standard InChI is InChI=1S/C17H18N2O4/c1-20-14-9-8-11(15(21-2)16(14)22-3)10-18-17-19-12-6-4-5-7-13(12)23-17/h4-9H,10H2,1-3H3,(H,18,19). The lowest BCUT2D eigenvalue weighted by Crippen LogP contribution is -2.04. The molecule has 0 atom stereocenters. The van der Waals surface area contributed by atoms with Crippen LogP contribution in [0, 0.1) is 0 Å².